The van der Waals surface area contributed by atoms with E-state index in [1.807, 2.05) is 48.7 Å². The summed E-state index contributed by atoms with van der Waals surface area (Å²) < 4.78 is 12.5. The average Bonchev–Trinajstić information content (AvgIpc) is 3.62. The van der Waals surface area contributed by atoms with Crippen LogP contribution >= 0.6 is 0 Å². The maximum absolute atomic E-state index is 6.27. The molecule has 0 atom stereocenters. The molecule has 0 radical (unpaired) electrons. The number of hydrogen-bond acceptors (Lipinski definition) is 5. The summed E-state index contributed by atoms with van der Waals surface area (Å²) in [6.45, 7) is 0. The number of anilines is 3. The van der Waals surface area contributed by atoms with E-state index >= 15 is 0 Å². The van der Waals surface area contributed by atoms with Gasteiger partial charge in [0.15, 0.2) is 11.2 Å². The first kappa shape index (κ1) is 23.7. The zero-order valence-corrected chi connectivity index (χ0v) is 22.9. The molecule has 0 aliphatic heterocycles. The molecule has 0 unspecified atom stereocenters. The molecule has 0 bridgehead atoms. The third-order valence-electron chi connectivity index (χ3n) is 8.12. The molecule has 5 heteroatoms. The highest BCUT2D eigenvalue weighted by Gasteiger charge is 2.20. The summed E-state index contributed by atoms with van der Waals surface area (Å²) >= 11 is 0. The summed E-state index contributed by atoms with van der Waals surface area (Å²) in [4.78, 5) is 11.7. The second-order valence-corrected chi connectivity index (χ2v) is 10.7. The predicted octanol–water partition coefficient (Wildman–Crippen LogP) is 10.6. The van der Waals surface area contributed by atoms with Crippen molar-refractivity contribution in [3.63, 3.8) is 0 Å². The molecular formula is C38H23N3O2. The Labute approximate surface area is 246 Å². The molecule has 43 heavy (non-hydrogen) atoms. The SMILES string of the molecule is c1ccc(-c2cc(N(c3ccc4c(c3)oc3cccnc34)c3cnc4c(c3)oc3ccccc34)cc3ccccc23)cc1. The predicted molar refractivity (Wildman–Crippen MR) is 174 cm³/mol. The summed E-state index contributed by atoms with van der Waals surface area (Å²) in [6.07, 6.45) is 3.72. The Morgan fingerprint density at radius 3 is 2.12 bits per heavy atom. The van der Waals surface area contributed by atoms with Crippen LogP contribution in [-0.4, -0.2) is 9.97 Å². The molecule has 0 saturated heterocycles. The fourth-order valence-electron chi connectivity index (χ4n) is 6.16. The van der Waals surface area contributed by atoms with E-state index in [1.54, 1.807) is 6.20 Å². The second-order valence-electron chi connectivity index (χ2n) is 10.7. The van der Waals surface area contributed by atoms with E-state index in [9.17, 15) is 0 Å². The van der Waals surface area contributed by atoms with Crippen LogP contribution in [0.25, 0.3) is 66.0 Å². The number of rotatable bonds is 4. The summed E-state index contributed by atoms with van der Waals surface area (Å²) in [7, 11) is 0. The standard InChI is InChI=1S/C38H23N3O2/c1-2-9-24(10-3-1)32-20-27(19-25-11-4-5-12-29(25)32)41(26-16-17-31-35(21-26)43-34-15-8-18-39-37(31)34)28-22-36-38(40-23-28)30-13-6-7-14-33(30)42-36/h1-23H. The lowest BCUT2D eigenvalue weighted by Crippen LogP contribution is -2.10. The van der Waals surface area contributed by atoms with Gasteiger partial charge in [-0.2, -0.15) is 0 Å². The summed E-state index contributed by atoms with van der Waals surface area (Å²) in [5.41, 5.74) is 9.96. The quantitative estimate of drug-likeness (QED) is 0.217. The maximum atomic E-state index is 6.27. The summed E-state index contributed by atoms with van der Waals surface area (Å²) in [5.74, 6) is 0. The highest BCUT2D eigenvalue weighted by molar-refractivity contribution is 6.06. The van der Waals surface area contributed by atoms with Crippen molar-refractivity contribution in [2.45, 2.75) is 0 Å². The van der Waals surface area contributed by atoms with Crippen molar-refractivity contribution >= 4 is 72.0 Å². The van der Waals surface area contributed by atoms with Crippen LogP contribution in [0.1, 0.15) is 0 Å². The molecular weight excluding hydrogens is 530 g/mol. The molecule has 5 nitrogen and oxygen atoms in total. The molecule has 5 aromatic carbocycles. The molecule has 0 saturated carbocycles. The number of benzene rings is 5. The van der Waals surface area contributed by atoms with Gasteiger partial charge < -0.3 is 13.7 Å². The number of hydrogen-bond donors (Lipinski definition) is 0. The van der Waals surface area contributed by atoms with Crippen LogP contribution in [0.3, 0.4) is 0 Å². The van der Waals surface area contributed by atoms with E-state index in [2.05, 4.69) is 94.8 Å². The van der Waals surface area contributed by atoms with Crippen molar-refractivity contribution < 1.29 is 8.83 Å². The maximum Gasteiger partial charge on any atom is 0.155 e. The van der Waals surface area contributed by atoms with Gasteiger partial charge in [0.05, 0.1) is 11.9 Å². The largest absolute Gasteiger partial charge is 0.454 e. The molecule has 0 fully saturated rings. The van der Waals surface area contributed by atoms with E-state index in [-0.39, 0.29) is 0 Å². The minimum absolute atomic E-state index is 0.738. The fraction of sp³-hybridized carbons (Fsp3) is 0. The number of furan rings is 2. The molecule has 4 heterocycles. The van der Waals surface area contributed by atoms with Crippen LogP contribution < -0.4 is 4.90 Å². The fourth-order valence-corrected chi connectivity index (χ4v) is 6.16. The monoisotopic (exact) mass is 553 g/mol. The van der Waals surface area contributed by atoms with Gasteiger partial charge in [0, 0.05) is 40.5 Å². The molecule has 0 spiro atoms. The lowest BCUT2D eigenvalue weighted by Gasteiger charge is -2.26. The van der Waals surface area contributed by atoms with Crippen LogP contribution in [0.5, 0.6) is 0 Å². The van der Waals surface area contributed by atoms with E-state index in [4.69, 9.17) is 13.8 Å². The van der Waals surface area contributed by atoms with Crippen LogP contribution in [0, 0.1) is 0 Å². The molecule has 0 aliphatic rings. The minimum Gasteiger partial charge on any atom is -0.454 e. The van der Waals surface area contributed by atoms with Gasteiger partial charge in [0.1, 0.15) is 22.2 Å². The van der Waals surface area contributed by atoms with Gasteiger partial charge in [-0.25, -0.2) is 4.98 Å². The van der Waals surface area contributed by atoms with Gasteiger partial charge in [-0.15, -0.1) is 0 Å². The number of aromatic nitrogens is 2. The van der Waals surface area contributed by atoms with Crippen LogP contribution in [0.2, 0.25) is 0 Å². The number of nitrogens with zero attached hydrogens (tertiary/aromatic N) is 3. The summed E-state index contributed by atoms with van der Waals surface area (Å²) in [6, 6.07) is 43.8. The van der Waals surface area contributed by atoms with Crippen LogP contribution in [0.15, 0.2) is 149 Å². The Bertz CT molecular complexity index is 2360. The van der Waals surface area contributed by atoms with Crippen molar-refractivity contribution in [2.75, 3.05) is 4.90 Å². The summed E-state index contributed by atoms with van der Waals surface area (Å²) in [5, 5.41) is 4.33. The average molecular weight is 554 g/mol. The van der Waals surface area contributed by atoms with Crippen molar-refractivity contribution in [3.8, 4) is 11.1 Å². The molecule has 0 N–H and O–H groups in total. The Hall–Kier alpha value is -5.94. The van der Waals surface area contributed by atoms with Gasteiger partial charge in [0.2, 0.25) is 0 Å². The Morgan fingerprint density at radius 2 is 1.19 bits per heavy atom. The molecule has 4 aromatic heterocycles. The zero-order valence-electron chi connectivity index (χ0n) is 22.9. The molecule has 0 amide bonds. The first-order valence-corrected chi connectivity index (χ1v) is 14.2. The van der Waals surface area contributed by atoms with E-state index < -0.39 is 0 Å². The van der Waals surface area contributed by atoms with E-state index in [0.29, 0.717) is 0 Å². The van der Waals surface area contributed by atoms with Crippen molar-refractivity contribution in [3.05, 3.63) is 140 Å². The van der Waals surface area contributed by atoms with Gasteiger partial charge in [-0.05, 0) is 70.4 Å². The number of para-hydroxylation sites is 1. The highest BCUT2D eigenvalue weighted by atomic mass is 16.3. The first-order valence-electron chi connectivity index (χ1n) is 14.2. The van der Waals surface area contributed by atoms with E-state index in [0.717, 1.165) is 77.7 Å². The first-order chi connectivity index (χ1) is 21.3. The number of pyridine rings is 2. The Balaban J connectivity index is 1.32. The molecule has 0 aliphatic carbocycles. The Morgan fingerprint density at radius 1 is 0.465 bits per heavy atom. The lowest BCUT2D eigenvalue weighted by atomic mass is 9.96. The highest BCUT2D eigenvalue weighted by Crippen LogP contribution is 2.42. The minimum atomic E-state index is 0.738. The lowest BCUT2D eigenvalue weighted by molar-refractivity contribution is 0.668. The topological polar surface area (TPSA) is 55.3 Å². The molecule has 9 rings (SSSR count). The number of fused-ring (bicyclic) bond motifs is 7. The Kier molecular flexibility index (Phi) is 5.13. The smallest absolute Gasteiger partial charge is 0.155 e. The third kappa shape index (κ3) is 3.79. The normalized spacial score (nSPS) is 11.7. The van der Waals surface area contributed by atoms with Crippen molar-refractivity contribution in [2.24, 2.45) is 0 Å². The van der Waals surface area contributed by atoms with Crippen molar-refractivity contribution in [1.29, 1.82) is 0 Å². The van der Waals surface area contributed by atoms with Crippen LogP contribution in [-0.2, 0) is 0 Å². The molecule has 9 aromatic rings. The van der Waals surface area contributed by atoms with Crippen molar-refractivity contribution in [1.82, 2.24) is 9.97 Å². The van der Waals surface area contributed by atoms with Gasteiger partial charge in [0.25, 0.3) is 0 Å². The van der Waals surface area contributed by atoms with Gasteiger partial charge in [-0.1, -0.05) is 66.7 Å². The van der Waals surface area contributed by atoms with Gasteiger partial charge >= 0.3 is 0 Å². The van der Waals surface area contributed by atoms with Crippen LogP contribution in [0.4, 0.5) is 17.1 Å². The molecule has 202 valence electrons. The van der Waals surface area contributed by atoms with Gasteiger partial charge in [-0.3, -0.25) is 4.98 Å². The third-order valence-corrected chi connectivity index (χ3v) is 8.12. The zero-order chi connectivity index (χ0) is 28.3. The second kappa shape index (κ2) is 9.29. The van der Waals surface area contributed by atoms with E-state index in [1.165, 1.54) is 5.39 Å².